The van der Waals surface area contributed by atoms with E-state index in [1.807, 2.05) is 33.3 Å². The average molecular weight is 1140 g/mol. The summed E-state index contributed by atoms with van der Waals surface area (Å²) in [7, 11) is 1.18. The maximum absolute atomic E-state index is 13.6. The van der Waals surface area contributed by atoms with E-state index in [9.17, 15) is 19.0 Å². The molecule has 1 amide bonds. The van der Waals surface area contributed by atoms with Gasteiger partial charge in [-0.15, -0.1) is 0 Å². The van der Waals surface area contributed by atoms with Gasteiger partial charge < -0.3 is 28.5 Å². The zero-order chi connectivity index (χ0) is 58.6. The van der Waals surface area contributed by atoms with Crippen LogP contribution in [0.4, 0.5) is 0 Å². The van der Waals surface area contributed by atoms with Gasteiger partial charge in [0.1, 0.15) is 19.3 Å². The summed E-state index contributed by atoms with van der Waals surface area (Å²) in [5, 5.41) is 3.04. The number of allylic oxidation sites excluding steroid dienone is 9. The second-order valence-electron chi connectivity index (χ2n) is 24.4. The summed E-state index contributed by atoms with van der Waals surface area (Å²) < 4.78 is 30.4. The standard InChI is InChI=1S/C70H131N2O7P/c1-7-10-13-16-19-22-25-28-30-31-32-33-34-35-36-37-38-39-40-41-43-44-47-50-53-56-59-62-69(73)71-67(66-78-80(75,76)77-65-64-72(4,5)6)68(61-58-55-52-49-46-27-24-21-18-15-12-9-3)79-70(74)63-60-57-54-51-48-45-42-29-26-23-20-17-14-11-8-2/h11,14,17,20,23,26,28,30,58,61,67-68H,7-10,12-13,15-16,18-19,21-22,24-25,27,29,31-57,59-60,62-66H2,1-6H3,(H-,71,73,75,76)/b14-11+,20-17+,26-23+,30-28+,61-58-. The highest BCUT2D eigenvalue weighted by Gasteiger charge is 2.27. The highest BCUT2D eigenvalue weighted by molar-refractivity contribution is 7.45. The first-order valence-electron chi connectivity index (χ1n) is 34.1. The molecule has 0 aromatic heterocycles. The molecule has 0 aliphatic rings. The molecule has 468 valence electrons. The molecule has 0 saturated carbocycles. The second kappa shape index (κ2) is 59.9. The van der Waals surface area contributed by atoms with Gasteiger partial charge in [0.2, 0.25) is 5.91 Å². The Morgan fingerprint density at radius 3 is 1.23 bits per heavy atom. The third-order valence-electron chi connectivity index (χ3n) is 15.2. The molecule has 0 aromatic rings. The lowest BCUT2D eigenvalue weighted by Gasteiger charge is -2.30. The number of likely N-dealkylation sites (N-methyl/N-ethyl adjacent to an activating group) is 1. The molecule has 3 atom stereocenters. The van der Waals surface area contributed by atoms with E-state index < -0.39 is 26.6 Å². The third kappa shape index (κ3) is 60.3. The van der Waals surface area contributed by atoms with Gasteiger partial charge >= 0.3 is 5.97 Å². The largest absolute Gasteiger partial charge is 0.756 e. The molecule has 0 aliphatic heterocycles. The lowest BCUT2D eigenvalue weighted by molar-refractivity contribution is -0.870. The van der Waals surface area contributed by atoms with Crippen molar-refractivity contribution in [3.63, 3.8) is 0 Å². The number of hydrogen-bond acceptors (Lipinski definition) is 7. The summed E-state index contributed by atoms with van der Waals surface area (Å²) >= 11 is 0. The van der Waals surface area contributed by atoms with Gasteiger partial charge in [0.25, 0.3) is 7.82 Å². The molecule has 80 heavy (non-hydrogen) atoms. The molecule has 1 N–H and O–H groups in total. The van der Waals surface area contributed by atoms with Crippen LogP contribution in [-0.2, 0) is 27.9 Å². The van der Waals surface area contributed by atoms with E-state index in [2.05, 4.69) is 74.7 Å². The summed E-state index contributed by atoms with van der Waals surface area (Å²) in [4.78, 5) is 40.1. The Labute approximate surface area is 496 Å². The molecule has 10 heteroatoms. The van der Waals surface area contributed by atoms with Crippen molar-refractivity contribution >= 4 is 19.7 Å². The number of hydrogen-bond donors (Lipinski definition) is 1. The van der Waals surface area contributed by atoms with Crippen molar-refractivity contribution in [3.05, 3.63) is 60.8 Å². The van der Waals surface area contributed by atoms with Gasteiger partial charge in [0.05, 0.1) is 33.8 Å². The molecule has 0 rings (SSSR count). The maximum atomic E-state index is 13.6. The fraction of sp³-hybridized carbons (Fsp3) is 0.829. The van der Waals surface area contributed by atoms with Crippen molar-refractivity contribution in [1.29, 1.82) is 0 Å². The second-order valence-corrected chi connectivity index (χ2v) is 25.8. The summed E-state index contributed by atoms with van der Waals surface area (Å²) in [5.41, 5.74) is 0. The maximum Gasteiger partial charge on any atom is 0.306 e. The molecular formula is C70H131N2O7P. The van der Waals surface area contributed by atoms with E-state index in [-0.39, 0.29) is 24.9 Å². The fourth-order valence-corrected chi connectivity index (χ4v) is 10.7. The number of nitrogens with zero attached hydrogens (tertiary/aromatic N) is 1. The normalized spacial score (nSPS) is 13.9. The molecule has 0 fully saturated rings. The van der Waals surface area contributed by atoms with Gasteiger partial charge in [0.15, 0.2) is 0 Å². The van der Waals surface area contributed by atoms with Crippen LogP contribution in [0.3, 0.4) is 0 Å². The minimum Gasteiger partial charge on any atom is -0.756 e. The number of esters is 1. The van der Waals surface area contributed by atoms with Gasteiger partial charge in [-0.2, -0.15) is 0 Å². The van der Waals surface area contributed by atoms with E-state index in [1.165, 1.54) is 212 Å². The minimum absolute atomic E-state index is 0.0244. The topological polar surface area (TPSA) is 114 Å². The SMILES string of the molecule is CC/C=C/C=C/C=C/CCCCCCCCCC(=O)OC(/C=C\CCCCCCCCCCCC)C(COP(=O)([O-])OCC[N+](C)(C)C)NC(=O)CCCCCCCCCCCCCCCCCCC/C=C/CCCCCCCC. The van der Waals surface area contributed by atoms with Crippen LogP contribution in [0.25, 0.3) is 0 Å². The van der Waals surface area contributed by atoms with Crippen LogP contribution in [0.5, 0.6) is 0 Å². The smallest absolute Gasteiger partial charge is 0.306 e. The van der Waals surface area contributed by atoms with Crippen LogP contribution >= 0.6 is 7.82 Å². The van der Waals surface area contributed by atoms with Crippen LogP contribution in [0.15, 0.2) is 60.8 Å². The van der Waals surface area contributed by atoms with E-state index in [0.717, 1.165) is 77.0 Å². The van der Waals surface area contributed by atoms with E-state index >= 15 is 0 Å². The van der Waals surface area contributed by atoms with Crippen LogP contribution in [0.1, 0.15) is 323 Å². The zero-order valence-electron chi connectivity index (χ0n) is 53.5. The van der Waals surface area contributed by atoms with Gasteiger partial charge in [-0.25, -0.2) is 0 Å². The van der Waals surface area contributed by atoms with Crippen molar-refractivity contribution in [2.45, 2.75) is 335 Å². The van der Waals surface area contributed by atoms with Gasteiger partial charge in [-0.3, -0.25) is 14.2 Å². The van der Waals surface area contributed by atoms with Crippen molar-refractivity contribution in [2.24, 2.45) is 0 Å². The summed E-state index contributed by atoms with van der Waals surface area (Å²) in [6.45, 7) is 6.73. The predicted molar refractivity (Wildman–Crippen MR) is 344 cm³/mol. The third-order valence-corrected chi connectivity index (χ3v) is 16.2. The van der Waals surface area contributed by atoms with Gasteiger partial charge in [-0.1, -0.05) is 294 Å². The Morgan fingerprint density at radius 2 is 0.812 bits per heavy atom. The molecule has 3 unspecified atom stereocenters. The van der Waals surface area contributed by atoms with E-state index in [1.54, 1.807) is 0 Å². The molecule has 0 saturated heterocycles. The first-order chi connectivity index (χ1) is 38.9. The highest BCUT2D eigenvalue weighted by atomic mass is 31.2. The number of rotatable bonds is 62. The quantitative estimate of drug-likeness (QED) is 0.0161. The summed E-state index contributed by atoms with van der Waals surface area (Å²) in [6, 6.07) is -0.893. The number of amides is 1. The van der Waals surface area contributed by atoms with Crippen LogP contribution in [-0.4, -0.2) is 69.4 Å². The molecule has 0 heterocycles. The summed E-state index contributed by atoms with van der Waals surface area (Å²) in [6.07, 6.45) is 76.4. The lowest BCUT2D eigenvalue weighted by atomic mass is 10.0. The Balaban J connectivity index is 5.00. The van der Waals surface area contributed by atoms with Crippen molar-refractivity contribution in [2.75, 3.05) is 40.9 Å². The molecule has 9 nitrogen and oxygen atoms in total. The Bertz CT molecular complexity index is 1550. The van der Waals surface area contributed by atoms with Crippen LogP contribution in [0.2, 0.25) is 0 Å². The minimum atomic E-state index is -4.70. The number of carbonyl (C=O) groups is 2. The number of phosphoric acid groups is 1. The molecule has 0 aromatic carbocycles. The first kappa shape index (κ1) is 77.7. The lowest BCUT2D eigenvalue weighted by Crippen LogP contribution is -2.47. The van der Waals surface area contributed by atoms with Crippen LogP contribution < -0.4 is 10.2 Å². The molecule has 0 bridgehead atoms. The number of carbonyl (C=O) groups excluding carboxylic acids is 2. The van der Waals surface area contributed by atoms with E-state index in [0.29, 0.717) is 17.4 Å². The van der Waals surface area contributed by atoms with Crippen molar-refractivity contribution in [3.8, 4) is 0 Å². The first-order valence-corrected chi connectivity index (χ1v) is 35.6. The molecule has 0 aliphatic carbocycles. The van der Waals surface area contributed by atoms with Gasteiger partial charge in [0, 0.05) is 12.8 Å². The van der Waals surface area contributed by atoms with Crippen molar-refractivity contribution < 1.29 is 37.3 Å². The van der Waals surface area contributed by atoms with Crippen LogP contribution in [0, 0.1) is 0 Å². The number of quaternary nitrogens is 1. The summed E-state index contributed by atoms with van der Waals surface area (Å²) in [5.74, 6) is -0.545. The Kier molecular flexibility index (Phi) is 58.1. The van der Waals surface area contributed by atoms with Gasteiger partial charge in [-0.05, 0) is 76.7 Å². The fourth-order valence-electron chi connectivity index (χ4n) is 9.99. The molecule has 0 radical (unpaired) electrons. The zero-order valence-corrected chi connectivity index (χ0v) is 54.4. The highest BCUT2D eigenvalue weighted by Crippen LogP contribution is 2.38. The van der Waals surface area contributed by atoms with Crippen molar-refractivity contribution in [1.82, 2.24) is 5.32 Å². The number of unbranched alkanes of at least 4 members (excludes halogenated alkanes) is 40. The number of nitrogens with one attached hydrogen (secondary N) is 1. The molecular weight excluding hydrogens is 1010 g/mol. The monoisotopic (exact) mass is 1140 g/mol. The average Bonchev–Trinajstić information content (AvgIpc) is 3.43. The van der Waals surface area contributed by atoms with E-state index in [4.69, 9.17) is 13.8 Å². The predicted octanol–water partition coefficient (Wildman–Crippen LogP) is 20.8. The molecule has 0 spiro atoms. The number of phosphoric ester groups is 1. The number of ether oxygens (including phenoxy) is 1. The Hall–Kier alpha value is -2.29. The Morgan fingerprint density at radius 1 is 0.450 bits per heavy atom.